The molecule has 0 aliphatic rings. The van der Waals surface area contributed by atoms with Crippen molar-refractivity contribution in [3.8, 4) is 0 Å². The Morgan fingerprint density at radius 2 is 1.23 bits per heavy atom. The van der Waals surface area contributed by atoms with Gasteiger partial charge in [-0.3, -0.25) is 0 Å². The van der Waals surface area contributed by atoms with E-state index in [9.17, 15) is 0 Å². The Hall–Kier alpha value is -2.98. The van der Waals surface area contributed by atoms with E-state index in [1.807, 2.05) is 36.4 Å². The fourth-order valence-electron chi connectivity index (χ4n) is 3.65. The molecule has 1 atom stereocenters. The summed E-state index contributed by atoms with van der Waals surface area (Å²) < 4.78 is 11.8. The van der Waals surface area contributed by atoms with E-state index < -0.39 is 0 Å². The normalized spacial score (nSPS) is 12.2. The molecule has 2 N–H and O–H groups in total. The van der Waals surface area contributed by atoms with E-state index >= 15 is 0 Å². The predicted molar refractivity (Wildman–Crippen MR) is 127 cm³/mol. The maximum atomic E-state index is 6.23. The Morgan fingerprint density at radius 1 is 0.613 bits per heavy atom. The van der Waals surface area contributed by atoms with Crippen molar-refractivity contribution in [1.29, 1.82) is 0 Å². The minimum atomic E-state index is -0.110. The van der Waals surface area contributed by atoms with Gasteiger partial charge in [-0.15, -0.1) is 0 Å². The van der Waals surface area contributed by atoms with Gasteiger partial charge in [0.2, 0.25) is 0 Å². The van der Waals surface area contributed by atoms with Gasteiger partial charge in [0, 0.05) is 0 Å². The third kappa shape index (κ3) is 6.25. The molecular weight excluding hydrogens is 382 g/mol. The molecule has 4 aromatic carbocycles. The van der Waals surface area contributed by atoms with Crippen LogP contribution in [0.15, 0.2) is 97.1 Å². The Bertz CT molecular complexity index is 1080. The standard InChI is InChI=1S/C28H29NO2/c29-28(26-9-5-2-6-10-26)21-31-20-24-12-14-25-13-11-23(17-27(25)18-24)19-30-16-15-22-7-3-1-4-8-22/h1-14,17-18,28H,15-16,19-21,29H2. The van der Waals surface area contributed by atoms with Gasteiger partial charge < -0.3 is 15.2 Å². The summed E-state index contributed by atoms with van der Waals surface area (Å²) >= 11 is 0. The fraction of sp³-hybridized carbons (Fsp3) is 0.214. The Kier molecular flexibility index (Phi) is 7.46. The van der Waals surface area contributed by atoms with Gasteiger partial charge in [-0.2, -0.15) is 0 Å². The Morgan fingerprint density at radius 3 is 1.90 bits per heavy atom. The van der Waals surface area contributed by atoms with E-state index in [0.717, 1.165) is 24.2 Å². The second kappa shape index (κ2) is 10.9. The van der Waals surface area contributed by atoms with E-state index in [-0.39, 0.29) is 6.04 Å². The van der Waals surface area contributed by atoms with Crippen molar-refractivity contribution in [2.75, 3.05) is 13.2 Å². The summed E-state index contributed by atoms with van der Waals surface area (Å²) in [6, 6.07) is 33.3. The van der Waals surface area contributed by atoms with E-state index in [2.05, 4.69) is 60.7 Å². The highest BCUT2D eigenvalue weighted by molar-refractivity contribution is 5.83. The van der Waals surface area contributed by atoms with Crippen LogP contribution < -0.4 is 5.73 Å². The van der Waals surface area contributed by atoms with Gasteiger partial charge in [0.05, 0.1) is 32.5 Å². The topological polar surface area (TPSA) is 44.5 Å². The zero-order valence-corrected chi connectivity index (χ0v) is 17.7. The third-order valence-electron chi connectivity index (χ3n) is 5.41. The molecule has 0 aromatic heterocycles. The highest BCUT2D eigenvalue weighted by atomic mass is 16.5. The molecule has 4 rings (SSSR count). The summed E-state index contributed by atoms with van der Waals surface area (Å²) in [5.41, 5.74) is 11.0. The first kappa shape index (κ1) is 21.3. The smallest absolute Gasteiger partial charge is 0.0718 e. The second-order valence-electron chi connectivity index (χ2n) is 7.84. The number of fused-ring (bicyclic) bond motifs is 1. The largest absolute Gasteiger partial charge is 0.376 e. The van der Waals surface area contributed by atoms with Crippen molar-refractivity contribution in [2.45, 2.75) is 25.7 Å². The Balaban J connectivity index is 1.29. The summed E-state index contributed by atoms with van der Waals surface area (Å²) in [5, 5.41) is 2.43. The highest BCUT2D eigenvalue weighted by Crippen LogP contribution is 2.20. The lowest BCUT2D eigenvalue weighted by molar-refractivity contribution is 0.108. The molecule has 0 saturated heterocycles. The van der Waals surface area contributed by atoms with Crippen LogP contribution in [0, 0.1) is 0 Å². The van der Waals surface area contributed by atoms with Crippen LogP contribution in [0.4, 0.5) is 0 Å². The van der Waals surface area contributed by atoms with Crippen LogP contribution in [-0.4, -0.2) is 13.2 Å². The van der Waals surface area contributed by atoms with Gasteiger partial charge in [-0.05, 0) is 51.6 Å². The van der Waals surface area contributed by atoms with Crippen LogP contribution in [0.5, 0.6) is 0 Å². The monoisotopic (exact) mass is 411 g/mol. The molecule has 1 unspecified atom stereocenters. The number of benzene rings is 4. The molecule has 158 valence electrons. The molecule has 3 heteroatoms. The third-order valence-corrected chi connectivity index (χ3v) is 5.41. The molecule has 0 spiro atoms. The maximum Gasteiger partial charge on any atom is 0.0718 e. The summed E-state index contributed by atoms with van der Waals surface area (Å²) in [6.07, 6.45) is 0.932. The second-order valence-corrected chi connectivity index (χ2v) is 7.84. The summed E-state index contributed by atoms with van der Waals surface area (Å²) in [4.78, 5) is 0. The molecule has 0 aliphatic heterocycles. The predicted octanol–water partition coefficient (Wildman–Crippen LogP) is 5.82. The molecule has 0 saturated carbocycles. The Labute approximate surface area is 184 Å². The molecule has 0 radical (unpaired) electrons. The minimum Gasteiger partial charge on any atom is -0.376 e. The quantitative estimate of drug-likeness (QED) is 0.335. The molecule has 0 heterocycles. The molecule has 0 amide bonds. The number of hydrogen-bond acceptors (Lipinski definition) is 3. The first-order valence-electron chi connectivity index (χ1n) is 10.8. The average Bonchev–Trinajstić information content (AvgIpc) is 2.83. The molecule has 0 fully saturated rings. The van der Waals surface area contributed by atoms with Crippen LogP contribution in [0.25, 0.3) is 10.8 Å². The summed E-state index contributed by atoms with van der Waals surface area (Å²) in [6.45, 7) is 2.39. The average molecular weight is 412 g/mol. The molecule has 0 bridgehead atoms. The summed E-state index contributed by atoms with van der Waals surface area (Å²) in [7, 11) is 0. The lowest BCUT2D eigenvalue weighted by Gasteiger charge is -2.13. The van der Waals surface area contributed by atoms with Gasteiger partial charge in [0.15, 0.2) is 0 Å². The summed E-state index contributed by atoms with van der Waals surface area (Å²) in [5.74, 6) is 0. The fourth-order valence-corrected chi connectivity index (χ4v) is 3.65. The number of ether oxygens (including phenoxy) is 2. The van der Waals surface area contributed by atoms with Gasteiger partial charge in [0.25, 0.3) is 0 Å². The number of hydrogen-bond donors (Lipinski definition) is 1. The number of nitrogens with two attached hydrogens (primary N) is 1. The van der Waals surface area contributed by atoms with Crippen LogP contribution in [0.2, 0.25) is 0 Å². The SMILES string of the molecule is NC(COCc1ccc2ccc(COCCc3ccccc3)cc2c1)c1ccccc1. The first-order valence-corrected chi connectivity index (χ1v) is 10.8. The molecule has 31 heavy (non-hydrogen) atoms. The maximum absolute atomic E-state index is 6.23. The van der Waals surface area contributed by atoms with E-state index in [0.29, 0.717) is 19.8 Å². The van der Waals surface area contributed by atoms with Crippen LogP contribution in [0.1, 0.15) is 28.3 Å². The zero-order chi connectivity index (χ0) is 21.3. The van der Waals surface area contributed by atoms with Gasteiger partial charge in [-0.25, -0.2) is 0 Å². The highest BCUT2D eigenvalue weighted by Gasteiger charge is 2.06. The van der Waals surface area contributed by atoms with Crippen molar-refractivity contribution >= 4 is 10.8 Å². The van der Waals surface area contributed by atoms with Gasteiger partial charge in [-0.1, -0.05) is 84.9 Å². The van der Waals surface area contributed by atoms with Crippen molar-refractivity contribution < 1.29 is 9.47 Å². The lowest BCUT2D eigenvalue weighted by atomic mass is 10.0. The van der Waals surface area contributed by atoms with Gasteiger partial charge >= 0.3 is 0 Å². The first-order chi connectivity index (χ1) is 15.3. The van der Waals surface area contributed by atoms with E-state index in [1.54, 1.807) is 0 Å². The van der Waals surface area contributed by atoms with Crippen LogP contribution in [-0.2, 0) is 29.1 Å². The van der Waals surface area contributed by atoms with E-state index in [4.69, 9.17) is 15.2 Å². The van der Waals surface area contributed by atoms with Crippen LogP contribution in [0.3, 0.4) is 0 Å². The van der Waals surface area contributed by atoms with E-state index in [1.165, 1.54) is 21.9 Å². The van der Waals surface area contributed by atoms with Crippen molar-refractivity contribution in [3.05, 3.63) is 119 Å². The molecule has 3 nitrogen and oxygen atoms in total. The minimum absolute atomic E-state index is 0.110. The lowest BCUT2D eigenvalue weighted by Crippen LogP contribution is -2.16. The van der Waals surface area contributed by atoms with Gasteiger partial charge in [0.1, 0.15) is 0 Å². The zero-order valence-electron chi connectivity index (χ0n) is 17.7. The van der Waals surface area contributed by atoms with Crippen molar-refractivity contribution in [2.24, 2.45) is 5.73 Å². The molecular formula is C28H29NO2. The number of rotatable bonds is 10. The molecule has 4 aromatic rings. The van der Waals surface area contributed by atoms with Crippen LogP contribution >= 0.6 is 0 Å². The molecule has 0 aliphatic carbocycles. The van der Waals surface area contributed by atoms with Crippen molar-refractivity contribution in [3.63, 3.8) is 0 Å². The van der Waals surface area contributed by atoms with Crippen molar-refractivity contribution in [1.82, 2.24) is 0 Å².